The summed E-state index contributed by atoms with van der Waals surface area (Å²) in [6.07, 6.45) is -0.283. The van der Waals surface area contributed by atoms with Gasteiger partial charge >= 0.3 is 0 Å². The largest absolute Gasteiger partial charge is 0.497 e. The first kappa shape index (κ1) is 13.0. The summed E-state index contributed by atoms with van der Waals surface area (Å²) in [6.45, 7) is 1.27. The number of hydrogen-bond acceptors (Lipinski definition) is 4. The maximum absolute atomic E-state index is 5.81. The number of benzene rings is 2. The lowest BCUT2D eigenvalue weighted by molar-refractivity contribution is -0.0442. The molecule has 0 unspecified atom stereocenters. The fourth-order valence-electron chi connectivity index (χ4n) is 2.06. The summed E-state index contributed by atoms with van der Waals surface area (Å²) in [7, 11) is 1.64. The Morgan fingerprint density at radius 3 is 2.30 bits per heavy atom. The molecule has 0 radical (unpaired) electrons. The first-order chi connectivity index (χ1) is 9.85. The van der Waals surface area contributed by atoms with E-state index in [0.717, 1.165) is 22.8 Å². The molecule has 4 heteroatoms. The second-order valence-corrected chi connectivity index (χ2v) is 4.42. The predicted octanol–water partition coefficient (Wildman–Crippen LogP) is 3.53. The number of ether oxygens (including phenoxy) is 4. The lowest BCUT2D eigenvalue weighted by Crippen LogP contribution is -1.98. The van der Waals surface area contributed by atoms with Gasteiger partial charge in [-0.05, 0) is 36.4 Å². The minimum atomic E-state index is -0.283. The molecule has 0 atom stereocenters. The second-order valence-electron chi connectivity index (χ2n) is 4.42. The van der Waals surface area contributed by atoms with Crippen LogP contribution in [0.15, 0.2) is 48.5 Å². The molecule has 1 saturated heterocycles. The highest BCUT2D eigenvalue weighted by atomic mass is 16.7. The van der Waals surface area contributed by atoms with Crippen LogP contribution in [0.4, 0.5) is 0 Å². The van der Waals surface area contributed by atoms with Crippen molar-refractivity contribution in [1.29, 1.82) is 0 Å². The van der Waals surface area contributed by atoms with E-state index >= 15 is 0 Å². The second kappa shape index (κ2) is 5.94. The molecule has 2 aromatic carbocycles. The lowest BCUT2D eigenvalue weighted by atomic mass is 10.2. The Morgan fingerprint density at radius 1 is 0.900 bits per heavy atom. The molecular weight excluding hydrogens is 256 g/mol. The van der Waals surface area contributed by atoms with Crippen LogP contribution in [0.1, 0.15) is 11.9 Å². The summed E-state index contributed by atoms with van der Waals surface area (Å²) in [6, 6.07) is 15.2. The van der Waals surface area contributed by atoms with E-state index in [1.165, 1.54) is 0 Å². The number of rotatable bonds is 4. The van der Waals surface area contributed by atoms with E-state index in [9.17, 15) is 0 Å². The van der Waals surface area contributed by atoms with Gasteiger partial charge in [-0.15, -0.1) is 0 Å². The van der Waals surface area contributed by atoms with Crippen LogP contribution in [-0.4, -0.2) is 20.3 Å². The minimum Gasteiger partial charge on any atom is -0.497 e. The molecule has 0 N–H and O–H groups in total. The Morgan fingerprint density at radius 2 is 1.60 bits per heavy atom. The Kier molecular flexibility index (Phi) is 3.85. The average Bonchev–Trinajstić information content (AvgIpc) is 3.03. The van der Waals surface area contributed by atoms with E-state index in [1.54, 1.807) is 7.11 Å². The van der Waals surface area contributed by atoms with Crippen molar-refractivity contribution in [3.63, 3.8) is 0 Å². The molecule has 1 heterocycles. The Balaban J connectivity index is 1.74. The minimum absolute atomic E-state index is 0.283. The smallest absolute Gasteiger partial charge is 0.184 e. The Bertz CT molecular complexity index is 559. The Hall–Kier alpha value is -2.04. The monoisotopic (exact) mass is 272 g/mol. The van der Waals surface area contributed by atoms with Crippen molar-refractivity contribution in [1.82, 2.24) is 0 Å². The molecule has 1 aliphatic heterocycles. The van der Waals surface area contributed by atoms with Crippen LogP contribution < -0.4 is 9.47 Å². The maximum Gasteiger partial charge on any atom is 0.184 e. The van der Waals surface area contributed by atoms with Gasteiger partial charge in [0.15, 0.2) is 6.29 Å². The molecular formula is C16H16O4. The van der Waals surface area contributed by atoms with Crippen LogP contribution in [0.5, 0.6) is 17.2 Å². The molecule has 20 heavy (non-hydrogen) atoms. The molecule has 104 valence electrons. The van der Waals surface area contributed by atoms with E-state index < -0.39 is 0 Å². The van der Waals surface area contributed by atoms with Crippen molar-refractivity contribution in [2.45, 2.75) is 6.29 Å². The summed E-state index contributed by atoms with van der Waals surface area (Å²) in [4.78, 5) is 0. The van der Waals surface area contributed by atoms with Gasteiger partial charge in [0.2, 0.25) is 0 Å². The molecule has 3 rings (SSSR count). The van der Waals surface area contributed by atoms with Crippen LogP contribution >= 0.6 is 0 Å². The van der Waals surface area contributed by atoms with Crippen LogP contribution in [0.25, 0.3) is 0 Å². The zero-order valence-electron chi connectivity index (χ0n) is 11.2. The summed E-state index contributed by atoms with van der Waals surface area (Å²) < 4.78 is 21.9. The van der Waals surface area contributed by atoms with Crippen LogP contribution in [0.2, 0.25) is 0 Å². The van der Waals surface area contributed by atoms with Crippen molar-refractivity contribution < 1.29 is 18.9 Å². The normalized spacial score (nSPS) is 15.2. The standard InChI is InChI=1S/C16H16O4/c1-17-13-5-7-14(8-6-13)20-15-4-2-3-12(11-15)16-18-9-10-19-16/h2-8,11,16H,9-10H2,1H3. The Labute approximate surface area is 117 Å². The van der Waals surface area contributed by atoms with Crippen molar-refractivity contribution in [3.8, 4) is 17.2 Å². The maximum atomic E-state index is 5.81. The molecule has 0 aromatic heterocycles. The summed E-state index contributed by atoms with van der Waals surface area (Å²) in [5.41, 5.74) is 0.966. The molecule has 0 aliphatic carbocycles. The van der Waals surface area contributed by atoms with E-state index in [-0.39, 0.29) is 6.29 Å². The molecule has 0 spiro atoms. The van der Waals surface area contributed by atoms with Gasteiger partial charge < -0.3 is 18.9 Å². The van der Waals surface area contributed by atoms with Crippen LogP contribution in [0.3, 0.4) is 0 Å². The van der Waals surface area contributed by atoms with Crippen molar-refractivity contribution in [2.24, 2.45) is 0 Å². The summed E-state index contributed by atoms with van der Waals surface area (Å²) in [5.74, 6) is 2.32. The summed E-state index contributed by atoms with van der Waals surface area (Å²) in [5, 5.41) is 0. The van der Waals surface area contributed by atoms with Gasteiger partial charge in [0.05, 0.1) is 20.3 Å². The molecule has 1 fully saturated rings. The fourth-order valence-corrected chi connectivity index (χ4v) is 2.06. The topological polar surface area (TPSA) is 36.9 Å². The van der Waals surface area contributed by atoms with Crippen molar-refractivity contribution in [2.75, 3.05) is 20.3 Å². The van der Waals surface area contributed by atoms with Gasteiger partial charge in [-0.1, -0.05) is 12.1 Å². The van der Waals surface area contributed by atoms with E-state index in [4.69, 9.17) is 18.9 Å². The zero-order chi connectivity index (χ0) is 13.8. The molecule has 0 bridgehead atoms. The van der Waals surface area contributed by atoms with Crippen LogP contribution in [0, 0.1) is 0 Å². The van der Waals surface area contributed by atoms with Gasteiger partial charge in [0.25, 0.3) is 0 Å². The number of hydrogen-bond donors (Lipinski definition) is 0. The van der Waals surface area contributed by atoms with Gasteiger partial charge in [-0.2, -0.15) is 0 Å². The van der Waals surface area contributed by atoms with Gasteiger partial charge in [-0.3, -0.25) is 0 Å². The highest BCUT2D eigenvalue weighted by Crippen LogP contribution is 2.29. The highest BCUT2D eigenvalue weighted by Gasteiger charge is 2.18. The van der Waals surface area contributed by atoms with E-state index in [1.807, 2.05) is 48.5 Å². The predicted molar refractivity (Wildman–Crippen MR) is 74.2 cm³/mol. The SMILES string of the molecule is COc1ccc(Oc2cccc(C3OCCO3)c2)cc1. The fraction of sp³-hybridized carbons (Fsp3) is 0.250. The molecule has 0 amide bonds. The van der Waals surface area contributed by atoms with Gasteiger partial charge in [0, 0.05) is 5.56 Å². The lowest BCUT2D eigenvalue weighted by Gasteiger charge is -2.11. The molecule has 0 saturated carbocycles. The van der Waals surface area contributed by atoms with Crippen molar-refractivity contribution in [3.05, 3.63) is 54.1 Å². The zero-order valence-corrected chi connectivity index (χ0v) is 11.2. The summed E-state index contributed by atoms with van der Waals surface area (Å²) >= 11 is 0. The molecule has 1 aliphatic rings. The first-order valence-corrected chi connectivity index (χ1v) is 6.50. The highest BCUT2D eigenvalue weighted by molar-refractivity contribution is 5.37. The van der Waals surface area contributed by atoms with Crippen molar-refractivity contribution >= 4 is 0 Å². The quantitative estimate of drug-likeness (QED) is 0.853. The van der Waals surface area contributed by atoms with E-state index in [2.05, 4.69) is 0 Å². The molecule has 2 aromatic rings. The average molecular weight is 272 g/mol. The number of methoxy groups -OCH3 is 1. The van der Waals surface area contributed by atoms with Gasteiger partial charge in [-0.25, -0.2) is 0 Å². The third-order valence-electron chi connectivity index (χ3n) is 3.05. The van der Waals surface area contributed by atoms with E-state index in [0.29, 0.717) is 13.2 Å². The van der Waals surface area contributed by atoms with Crippen LogP contribution in [-0.2, 0) is 9.47 Å². The van der Waals surface area contributed by atoms with Gasteiger partial charge in [0.1, 0.15) is 17.2 Å². The first-order valence-electron chi connectivity index (χ1n) is 6.50. The third-order valence-corrected chi connectivity index (χ3v) is 3.05. The molecule has 4 nitrogen and oxygen atoms in total. The third kappa shape index (κ3) is 2.92.